The molecule has 0 spiro atoms. The van der Waals surface area contributed by atoms with Crippen LogP contribution in [0.3, 0.4) is 0 Å². The lowest BCUT2D eigenvalue weighted by molar-refractivity contribution is -0.127. The summed E-state index contributed by atoms with van der Waals surface area (Å²) in [4.78, 5) is 16.1. The van der Waals surface area contributed by atoms with Crippen LogP contribution in [0.4, 0.5) is 0 Å². The highest BCUT2D eigenvalue weighted by Crippen LogP contribution is 2.21. The molecule has 0 aliphatic carbocycles. The van der Waals surface area contributed by atoms with E-state index in [4.69, 9.17) is 21.1 Å². The van der Waals surface area contributed by atoms with Crippen LogP contribution in [0.1, 0.15) is 18.1 Å². The second kappa shape index (κ2) is 7.83. The van der Waals surface area contributed by atoms with E-state index >= 15 is 0 Å². The highest BCUT2D eigenvalue weighted by Gasteiger charge is 2.14. The molecule has 1 amide bonds. The van der Waals surface area contributed by atoms with Gasteiger partial charge >= 0.3 is 0 Å². The highest BCUT2D eigenvalue weighted by atomic mass is 35.5. The lowest BCUT2D eigenvalue weighted by Crippen LogP contribution is -2.35. The average molecular weight is 335 g/mol. The van der Waals surface area contributed by atoms with Crippen molar-refractivity contribution in [3.63, 3.8) is 0 Å². The molecular formula is C17H19ClN2O3. The number of ether oxygens (including phenoxy) is 2. The van der Waals surface area contributed by atoms with Gasteiger partial charge in [0.2, 0.25) is 5.88 Å². The summed E-state index contributed by atoms with van der Waals surface area (Å²) in [5.74, 6) is 0.922. The van der Waals surface area contributed by atoms with Crippen molar-refractivity contribution in [1.82, 2.24) is 10.3 Å². The Balaban J connectivity index is 1.90. The van der Waals surface area contributed by atoms with Gasteiger partial charge in [-0.1, -0.05) is 11.6 Å². The fourth-order valence-corrected chi connectivity index (χ4v) is 2.07. The van der Waals surface area contributed by atoms with Crippen molar-refractivity contribution in [3.8, 4) is 11.6 Å². The number of rotatable bonds is 6. The molecule has 1 N–H and O–H groups in total. The molecule has 0 fully saturated rings. The normalized spacial score (nSPS) is 11.7. The number of nitrogens with one attached hydrogen (secondary N) is 1. The number of aryl methyl sites for hydroxylation is 1. The highest BCUT2D eigenvalue weighted by molar-refractivity contribution is 6.31. The van der Waals surface area contributed by atoms with Gasteiger partial charge in [-0.15, -0.1) is 0 Å². The van der Waals surface area contributed by atoms with Crippen molar-refractivity contribution in [2.75, 3.05) is 7.11 Å². The molecule has 1 aromatic carbocycles. The van der Waals surface area contributed by atoms with E-state index < -0.39 is 6.10 Å². The van der Waals surface area contributed by atoms with Gasteiger partial charge in [0, 0.05) is 23.8 Å². The molecule has 122 valence electrons. The maximum absolute atomic E-state index is 12.1. The monoisotopic (exact) mass is 334 g/mol. The van der Waals surface area contributed by atoms with E-state index in [1.54, 1.807) is 44.5 Å². The average Bonchev–Trinajstić information content (AvgIpc) is 2.56. The first-order valence-electron chi connectivity index (χ1n) is 7.19. The molecule has 0 aliphatic heterocycles. The Morgan fingerprint density at radius 2 is 2.13 bits per heavy atom. The summed E-state index contributed by atoms with van der Waals surface area (Å²) >= 11 is 5.97. The van der Waals surface area contributed by atoms with Crippen molar-refractivity contribution in [2.45, 2.75) is 26.5 Å². The maximum Gasteiger partial charge on any atom is 0.261 e. The number of pyridine rings is 1. The van der Waals surface area contributed by atoms with Crippen LogP contribution in [-0.4, -0.2) is 24.1 Å². The van der Waals surface area contributed by atoms with Gasteiger partial charge < -0.3 is 14.8 Å². The van der Waals surface area contributed by atoms with E-state index in [2.05, 4.69) is 10.3 Å². The molecule has 0 radical (unpaired) electrons. The molecule has 0 aliphatic rings. The standard InChI is InChI=1S/C17H19ClN2O3/c1-11-8-14(4-5-15(11)18)23-12(2)17(21)20-10-13-6-7-19-16(9-13)22-3/h4-9,12H,10H2,1-3H3,(H,20,21)/t12-/m1/s1. The number of hydrogen-bond acceptors (Lipinski definition) is 4. The van der Waals surface area contributed by atoms with Crippen LogP contribution in [0.2, 0.25) is 5.02 Å². The van der Waals surface area contributed by atoms with Crippen molar-refractivity contribution in [2.24, 2.45) is 0 Å². The molecule has 6 heteroatoms. The van der Waals surface area contributed by atoms with Crippen molar-refractivity contribution in [3.05, 3.63) is 52.7 Å². The number of carbonyl (C=O) groups excluding carboxylic acids is 1. The van der Waals surface area contributed by atoms with Gasteiger partial charge in [0.1, 0.15) is 5.75 Å². The zero-order valence-corrected chi connectivity index (χ0v) is 14.1. The van der Waals surface area contributed by atoms with E-state index in [9.17, 15) is 4.79 Å². The largest absolute Gasteiger partial charge is 0.481 e. The van der Waals surface area contributed by atoms with E-state index in [1.165, 1.54) is 0 Å². The lowest BCUT2D eigenvalue weighted by Gasteiger charge is -2.15. The third-order valence-corrected chi connectivity index (χ3v) is 3.71. The first-order valence-corrected chi connectivity index (χ1v) is 7.57. The quantitative estimate of drug-likeness (QED) is 0.881. The first kappa shape index (κ1) is 17.1. The van der Waals surface area contributed by atoms with Crippen LogP contribution in [-0.2, 0) is 11.3 Å². The summed E-state index contributed by atoms with van der Waals surface area (Å²) in [6.45, 7) is 3.97. The maximum atomic E-state index is 12.1. The molecule has 1 heterocycles. The van der Waals surface area contributed by atoms with Gasteiger partial charge in [-0.2, -0.15) is 0 Å². The topological polar surface area (TPSA) is 60.5 Å². The molecule has 1 aromatic heterocycles. The summed E-state index contributed by atoms with van der Waals surface area (Å²) in [6.07, 6.45) is 1.02. The lowest BCUT2D eigenvalue weighted by atomic mass is 10.2. The number of amides is 1. The number of methoxy groups -OCH3 is 1. The van der Waals surface area contributed by atoms with Gasteiger partial charge in [-0.05, 0) is 49.2 Å². The van der Waals surface area contributed by atoms with E-state index in [1.807, 2.05) is 13.0 Å². The smallest absolute Gasteiger partial charge is 0.261 e. The molecule has 0 unspecified atom stereocenters. The summed E-state index contributed by atoms with van der Waals surface area (Å²) in [5.41, 5.74) is 1.81. The van der Waals surface area contributed by atoms with E-state index in [-0.39, 0.29) is 5.91 Å². The second-order valence-electron chi connectivity index (χ2n) is 5.10. The minimum Gasteiger partial charge on any atom is -0.481 e. The van der Waals surface area contributed by atoms with Crippen LogP contribution in [0, 0.1) is 6.92 Å². The SMILES string of the molecule is COc1cc(CNC(=O)[C@@H](C)Oc2ccc(Cl)c(C)c2)ccn1. The number of halogens is 1. The summed E-state index contributed by atoms with van der Waals surface area (Å²) in [7, 11) is 1.55. The van der Waals surface area contributed by atoms with Crippen LogP contribution in [0.5, 0.6) is 11.6 Å². The summed E-state index contributed by atoms with van der Waals surface area (Å²) in [6, 6.07) is 8.89. The molecule has 2 aromatic rings. The Labute approximate surface area is 140 Å². The van der Waals surface area contributed by atoms with Crippen molar-refractivity contribution < 1.29 is 14.3 Å². The molecule has 5 nitrogen and oxygen atoms in total. The Hall–Kier alpha value is -2.27. The molecule has 1 atom stereocenters. The summed E-state index contributed by atoms with van der Waals surface area (Å²) in [5, 5.41) is 3.49. The Kier molecular flexibility index (Phi) is 5.82. The van der Waals surface area contributed by atoms with Crippen molar-refractivity contribution in [1.29, 1.82) is 0 Å². The number of benzene rings is 1. The number of hydrogen-bond donors (Lipinski definition) is 1. The minimum absolute atomic E-state index is 0.201. The van der Waals surface area contributed by atoms with Crippen LogP contribution >= 0.6 is 11.6 Å². The predicted octanol–water partition coefficient (Wildman–Crippen LogP) is 3.14. The Morgan fingerprint density at radius 1 is 1.35 bits per heavy atom. The third kappa shape index (κ3) is 4.86. The number of aromatic nitrogens is 1. The number of carbonyl (C=O) groups is 1. The Bertz CT molecular complexity index is 691. The van der Waals surface area contributed by atoms with Gasteiger partial charge in [-0.25, -0.2) is 4.98 Å². The van der Waals surface area contributed by atoms with Crippen molar-refractivity contribution >= 4 is 17.5 Å². The van der Waals surface area contributed by atoms with Gasteiger partial charge in [0.05, 0.1) is 7.11 Å². The molecule has 0 bridgehead atoms. The van der Waals surface area contributed by atoms with Crippen LogP contribution in [0.15, 0.2) is 36.5 Å². The molecule has 0 saturated heterocycles. The molecule has 2 rings (SSSR count). The fourth-order valence-electron chi connectivity index (χ4n) is 1.95. The summed E-state index contributed by atoms with van der Waals surface area (Å²) < 4.78 is 10.7. The predicted molar refractivity (Wildman–Crippen MR) is 88.9 cm³/mol. The zero-order valence-electron chi connectivity index (χ0n) is 13.3. The molecular weight excluding hydrogens is 316 g/mol. The van der Waals surface area contributed by atoms with Crippen LogP contribution < -0.4 is 14.8 Å². The van der Waals surface area contributed by atoms with E-state index in [0.29, 0.717) is 23.2 Å². The van der Waals surface area contributed by atoms with Crippen LogP contribution in [0.25, 0.3) is 0 Å². The minimum atomic E-state index is -0.612. The van der Waals surface area contributed by atoms with E-state index in [0.717, 1.165) is 11.1 Å². The van der Waals surface area contributed by atoms with Gasteiger partial charge in [-0.3, -0.25) is 4.79 Å². The molecule has 0 saturated carbocycles. The molecule has 23 heavy (non-hydrogen) atoms. The third-order valence-electron chi connectivity index (χ3n) is 3.29. The first-order chi connectivity index (χ1) is 11.0. The van der Waals surface area contributed by atoms with Gasteiger partial charge in [0.15, 0.2) is 6.10 Å². The fraction of sp³-hybridized carbons (Fsp3) is 0.294. The second-order valence-corrected chi connectivity index (χ2v) is 5.50. The Morgan fingerprint density at radius 3 is 2.83 bits per heavy atom. The zero-order chi connectivity index (χ0) is 16.8. The van der Waals surface area contributed by atoms with Gasteiger partial charge in [0.25, 0.3) is 5.91 Å². The number of nitrogens with zero attached hydrogens (tertiary/aromatic N) is 1.